The summed E-state index contributed by atoms with van der Waals surface area (Å²) in [6.45, 7) is 5.30. The highest BCUT2D eigenvalue weighted by Crippen LogP contribution is 2.24. The lowest BCUT2D eigenvalue weighted by atomic mass is 9.96. The first-order valence-electron chi connectivity index (χ1n) is 6.68. The van der Waals surface area contributed by atoms with E-state index in [2.05, 4.69) is 19.2 Å². The first kappa shape index (κ1) is 14.5. The Morgan fingerprint density at radius 2 is 2.18 bits per heavy atom. The molecule has 1 aliphatic carbocycles. The van der Waals surface area contributed by atoms with Gasteiger partial charge in [-0.3, -0.25) is 4.79 Å². The third-order valence-corrected chi connectivity index (χ3v) is 3.49. The number of hydrogen-bond acceptors (Lipinski definition) is 3. The van der Waals surface area contributed by atoms with Crippen molar-refractivity contribution in [2.45, 2.75) is 45.6 Å². The smallest absolute Gasteiger partial charge is 0.224 e. The molecule has 1 fully saturated rings. The minimum Gasteiger partial charge on any atom is -0.393 e. The van der Waals surface area contributed by atoms with Crippen LogP contribution < -0.4 is 11.1 Å². The summed E-state index contributed by atoms with van der Waals surface area (Å²) in [4.78, 5) is 11.9. The molecule has 0 aromatic rings. The van der Waals surface area contributed by atoms with E-state index < -0.39 is 0 Å². The molecule has 1 amide bonds. The Balaban J connectivity index is 2.27. The molecule has 0 spiro atoms. The Labute approximate surface area is 104 Å². The summed E-state index contributed by atoms with van der Waals surface area (Å²) in [5.74, 6) is 0.929. The van der Waals surface area contributed by atoms with Crippen LogP contribution in [0.25, 0.3) is 0 Å². The van der Waals surface area contributed by atoms with E-state index in [1.54, 1.807) is 0 Å². The molecule has 0 heterocycles. The molecule has 3 unspecified atom stereocenters. The number of aliphatic hydroxyl groups excluding tert-OH is 1. The van der Waals surface area contributed by atoms with E-state index in [0.717, 1.165) is 25.7 Å². The SMILES string of the molecule is CC(C)CC(CN)C(=O)NCC1CCC(O)C1. The van der Waals surface area contributed by atoms with Crippen LogP contribution in [0.4, 0.5) is 0 Å². The molecule has 1 saturated carbocycles. The number of amides is 1. The molecule has 0 saturated heterocycles. The number of hydrogen-bond donors (Lipinski definition) is 3. The van der Waals surface area contributed by atoms with E-state index in [1.807, 2.05) is 0 Å². The van der Waals surface area contributed by atoms with Crippen molar-refractivity contribution in [3.8, 4) is 0 Å². The van der Waals surface area contributed by atoms with Gasteiger partial charge in [0.2, 0.25) is 5.91 Å². The van der Waals surface area contributed by atoms with E-state index in [0.29, 0.717) is 24.9 Å². The molecule has 0 bridgehead atoms. The lowest BCUT2D eigenvalue weighted by Gasteiger charge is -2.18. The number of aliphatic hydroxyl groups is 1. The minimum absolute atomic E-state index is 0.0682. The third-order valence-electron chi connectivity index (χ3n) is 3.49. The second-order valence-electron chi connectivity index (χ2n) is 5.64. The molecule has 0 aromatic carbocycles. The van der Waals surface area contributed by atoms with Gasteiger partial charge in [-0.1, -0.05) is 13.8 Å². The normalized spacial score (nSPS) is 26.2. The van der Waals surface area contributed by atoms with E-state index in [4.69, 9.17) is 5.73 Å². The van der Waals surface area contributed by atoms with Gasteiger partial charge in [-0.25, -0.2) is 0 Å². The molecule has 1 aliphatic rings. The Hall–Kier alpha value is -0.610. The molecule has 4 nitrogen and oxygen atoms in total. The fourth-order valence-electron chi connectivity index (χ4n) is 2.50. The second kappa shape index (κ2) is 6.97. The Morgan fingerprint density at radius 1 is 1.47 bits per heavy atom. The highest BCUT2D eigenvalue weighted by molar-refractivity contribution is 5.78. The van der Waals surface area contributed by atoms with Gasteiger partial charge in [-0.05, 0) is 37.5 Å². The monoisotopic (exact) mass is 242 g/mol. The quantitative estimate of drug-likeness (QED) is 0.647. The van der Waals surface area contributed by atoms with E-state index in [9.17, 15) is 9.90 Å². The van der Waals surface area contributed by atoms with Gasteiger partial charge in [0.05, 0.1) is 12.0 Å². The first-order valence-corrected chi connectivity index (χ1v) is 6.68. The largest absolute Gasteiger partial charge is 0.393 e. The van der Waals surface area contributed by atoms with Gasteiger partial charge in [0.15, 0.2) is 0 Å². The molecule has 0 aromatic heterocycles. The highest BCUT2D eigenvalue weighted by Gasteiger charge is 2.24. The lowest BCUT2D eigenvalue weighted by molar-refractivity contribution is -0.125. The Bertz CT molecular complexity index is 244. The highest BCUT2D eigenvalue weighted by atomic mass is 16.3. The van der Waals surface area contributed by atoms with Crippen LogP contribution in [-0.2, 0) is 4.79 Å². The van der Waals surface area contributed by atoms with Crippen LogP contribution in [0.1, 0.15) is 39.5 Å². The number of nitrogens with one attached hydrogen (secondary N) is 1. The average Bonchev–Trinajstić information content (AvgIpc) is 2.68. The van der Waals surface area contributed by atoms with Crippen molar-refractivity contribution >= 4 is 5.91 Å². The molecule has 0 radical (unpaired) electrons. The maximum Gasteiger partial charge on any atom is 0.224 e. The zero-order valence-electron chi connectivity index (χ0n) is 11.0. The van der Waals surface area contributed by atoms with Crippen LogP contribution in [0.15, 0.2) is 0 Å². The van der Waals surface area contributed by atoms with Crippen molar-refractivity contribution < 1.29 is 9.90 Å². The second-order valence-corrected chi connectivity index (χ2v) is 5.64. The molecule has 0 aliphatic heterocycles. The molecule has 4 heteroatoms. The molecule has 1 rings (SSSR count). The molecular formula is C13H26N2O2. The number of carbonyl (C=O) groups excluding carboxylic acids is 1. The Morgan fingerprint density at radius 3 is 2.65 bits per heavy atom. The zero-order chi connectivity index (χ0) is 12.8. The summed E-state index contributed by atoms with van der Waals surface area (Å²) < 4.78 is 0. The van der Waals surface area contributed by atoms with E-state index in [1.165, 1.54) is 0 Å². The number of carbonyl (C=O) groups is 1. The Kier molecular flexibility index (Phi) is 5.92. The van der Waals surface area contributed by atoms with Gasteiger partial charge in [0.1, 0.15) is 0 Å². The van der Waals surface area contributed by atoms with Crippen LogP contribution in [-0.4, -0.2) is 30.2 Å². The number of rotatable bonds is 6. The first-order chi connectivity index (χ1) is 8.02. The summed E-state index contributed by atoms with van der Waals surface area (Å²) >= 11 is 0. The summed E-state index contributed by atoms with van der Waals surface area (Å²) in [5, 5.41) is 12.4. The predicted molar refractivity (Wildman–Crippen MR) is 68.4 cm³/mol. The van der Waals surface area contributed by atoms with Crippen LogP contribution in [0.2, 0.25) is 0 Å². The van der Waals surface area contributed by atoms with Crippen molar-refractivity contribution in [3.63, 3.8) is 0 Å². The summed E-state index contributed by atoms with van der Waals surface area (Å²) in [6.07, 6.45) is 3.37. The molecular weight excluding hydrogens is 216 g/mol. The van der Waals surface area contributed by atoms with Crippen LogP contribution in [0, 0.1) is 17.8 Å². The van der Waals surface area contributed by atoms with Gasteiger partial charge in [-0.15, -0.1) is 0 Å². The van der Waals surface area contributed by atoms with Gasteiger partial charge < -0.3 is 16.2 Å². The molecule has 4 N–H and O–H groups in total. The maximum atomic E-state index is 11.9. The minimum atomic E-state index is -0.169. The van der Waals surface area contributed by atoms with Crippen LogP contribution in [0.5, 0.6) is 0 Å². The van der Waals surface area contributed by atoms with Crippen molar-refractivity contribution in [2.24, 2.45) is 23.5 Å². The molecule has 100 valence electrons. The van der Waals surface area contributed by atoms with Crippen molar-refractivity contribution in [1.29, 1.82) is 0 Å². The third kappa shape index (κ3) is 5.04. The summed E-state index contributed by atoms with van der Waals surface area (Å²) in [5.41, 5.74) is 5.63. The zero-order valence-corrected chi connectivity index (χ0v) is 11.0. The standard InChI is InChI=1S/C13H26N2O2/c1-9(2)5-11(7-14)13(17)15-8-10-3-4-12(16)6-10/h9-12,16H,3-8,14H2,1-2H3,(H,15,17). The van der Waals surface area contributed by atoms with E-state index in [-0.39, 0.29) is 17.9 Å². The average molecular weight is 242 g/mol. The van der Waals surface area contributed by atoms with Gasteiger partial charge >= 0.3 is 0 Å². The van der Waals surface area contributed by atoms with Crippen molar-refractivity contribution in [2.75, 3.05) is 13.1 Å². The lowest BCUT2D eigenvalue weighted by Crippen LogP contribution is -2.38. The van der Waals surface area contributed by atoms with Crippen LogP contribution in [0.3, 0.4) is 0 Å². The number of nitrogens with two attached hydrogens (primary N) is 1. The van der Waals surface area contributed by atoms with E-state index >= 15 is 0 Å². The van der Waals surface area contributed by atoms with Gasteiger partial charge in [0, 0.05) is 13.1 Å². The van der Waals surface area contributed by atoms with Gasteiger partial charge in [-0.2, -0.15) is 0 Å². The summed E-state index contributed by atoms with van der Waals surface area (Å²) in [6, 6.07) is 0. The molecule has 3 atom stereocenters. The van der Waals surface area contributed by atoms with Crippen molar-refractivity contribution in [3.05, 3.63) is 0 Å². The fraction of sp³-hybridized carbons (Fsp3) is 0.923. The fourth-order valence-corrected chi connectivity index (χ4v) is 2.50. The van der Waals surface area contributed by atoms with Crippen molar-refractivity contribution in [1.82, 2.24) is 5.32 Å². The van der Waals surface area contributed by atoms with Gasteiger partial charge in [0.25, 0.3) is 0 Å². The summed E-state index contributed by atoms with van der Waals surface area (Å²) in [7, 11) is 0. The predicted octanol–water partition coefficient (Wildman–Crippen LogP) is 0.885. The molecule has 17 heavy (non-hydrogen) atoms. The topological polar surface area (TPSA) is 75.4 Å². The van der Waals surface area contributed by atoms with Crippen LogP contribution >= 0.6 is 0 Å². The maximum absolute atomic E-state index is 11.9.